The highest BCUT2D eigenvalue weighted by atomic mass is 35.5. The van der Waals surface area contributed by atoms with Gasteiger partial charge in [-0.2, -0.15) is 0 Å². The van der Waals surface area contributed by atoms with Crippen molar-refractivity contribution >= 4 is 45.9 Å². The highest BCUT2D eigenvalue weighted by Gasteiger charge is 2.16. The van der Waals surface area contributed by atoms with Crippen LogP contribution in [0.3, 0.4) is 0 Å². The molecule has 116 valence electrons. The lowest BCUT2D eigenvalue weighted by Crippen LogP contribution is -2.22. The van der Waals surface area contributed by atoms with Crippen LogP contribution in [0.4, 0.5) is 5.69 Å². The Kier molecular flexibility index (Phi) is 4.84. The fourth-order valence-corrected chi connectivity index (χ4v) is 3.40. The molecule has 0 aliphatic heterocycles. The van der Waals surface area contributed by atoms with E-state index in [1.807, 2.05) is 49.4 Å². The third-order valence-electron chi connectivity index (χ3n) is 3.37. The molecule has 3 rings (SSSR count). The first-order valence-corrected chi connectivity index (χ1v) is 8.46. The summed E-state index contributed by atoms with van der Waals surface area (Å²) in [7, 11) is 0. The van der Waals surface area contributed by atoms with Crippen molar-refractivity contribution in [3.63, 3.8) is 0 Å². The summed E-state index contributed by atoms with van der Waals surface area (Å²) in [5.74, 6) is -0.0573. The van der Waals surface area contributed by atoms with E-state index in [9.17, 15) is 4.79 Å². The zero-order chi connectivity index (χ0) is 16.2. The Hall–Kier alpha value is -2.04. The van der Waals surface area contributed by atoms with Gasteiger partial charge < -0.3 is 5.32 Å². The van der Waals surface area contributed by atoms with Gasteiger partial charge in [0.05, 0.1) is 10.8 Å². The summed E-state index contributed by atoms with van der Waals surface area (Å²) in [6.45, 7) is 1.89. The van der Waals surface area contributed by atoms with Crippen molar-refractivity contribution in [2.75, 3.05) is 5.32 Å². The molecule has 0 aliphatic rings. The maximum atomic E-state index is 12.4. The van der Waals surface area contributed by atoms with E-state index in [2.05, 4.69) is 10.3 Å². The highest BCUT2D eigenvalue weighted by molar-refractivity contribution is 8.00. The molecule has 1 atom stereocenters. The third-order valence-corrected chi connectivity index (χ3v) is 4.79. The number of carbonyl (C=O) groups is 1. The van der Waals surface area contributed by atoms with E-state index in [0.29, 0.717) is 10.7 Å². The van der Waals surface area contributed by atoms with Gasteiger partial charge in [-0.25, -0.2) is 0 Å². The van der Waals surface area contributed by atoms with Crippen LogP contribution in [0.15, 0.2) is 65.7 Å². The average molecular weight is 343 g/mol. The number of nitrogens with zero attached hydrogens (tertiary/aromatic N) is 1. The minimum Gasteiger partial charge on any atom is -0.325 e. The second-order valence-electron chi connectivity index (χ2n) is 5.09. The number of hydrogen-bond donors (Lipinski definition) is 1. The van der Waals surface area contributed by atoms with Crippen LogP contribution in [-0.2, 0) is 4.79 Å². The Bertz CT molecular complexity index is 848. The second-order valence-corrected chi connectivity index (χ2v) is 6.90. The zero-order valence-corrected chi connectivity index (χ0v) is 14.1. The predicted molar refractivity (Wildman–Crippen MR) is 97.1 cm³/mol. The molecule has 0 radical (unpaired) electrons. The smallest absolute Gasteiger partial charge is 0.237 e. The summed E-state index contributed by atoms with van der Waals surface area (Å²) < 4.78 is 0. The number of carbonyl (C=O) groups excluding carboxylic acids is 1. The Balaban J connectivity index is 1.75. The van der Waals surface area contributed by atoms with Crippen molar-refractivity contribution in [1.82, 2.24) is 4.98 Å². The van der Waals surface area contributed by atoms with Crippen molar-refractivity contribution in [2.45, 2.75) is 17.1 Å². The van der Waals surface area contributed by atoms with Crippen LogP contribution in [0, 0.1) is 0 Å². The molecule has 1 N–H and O–H groups in total. The molecule has 1 amide bonds. The standard InChI is InChI=1S/C18H15ClN2OS/c1-12(18(22)21-14-6-4-5-13(19)11-14)23-17-9-10-20-16-8-3-2-7-15(16)17/h2-12H,1H3,(H,21,22). The molecule has 23 heavy (non-hydrogen) atoms. The molecular weight excluding hydrogens is 328 g/mol. The lowest BCUT2D eigenvalue weighted by Gasteiger charge is -2.13. The molecule has 2 aromatic carbocycles. The maximum absolute atomic E-state index is 12.4. The van der Waals surface area contributed by atoms with Crippen molar-refractivity contribution in [3.8, 4) is 0 Å². The monoisotopic (exact) mass is 342 g/mol. The van der Waals surface area contributed by atoms with Gasteiger partial charge in [-0.1, -0.05) is 35.9 Å². The van der Waals surface area contributed by atoms with Gasteiger partial charge in [-0.05, 0) is 37.3 Å². The van der Waals surface area contributed by atoms with Gasteiger partial charge in [0.2, 0.25) is 5.91 Å². The van der Waals surface area contributed by atoms with E-state index in [1.165, 1.54) is 11.8 Å². The van der Waals surface area contributed by atoms with Crippen LogP contribution in [0.1, 0.15) is 6.92 Å². The molecule has 0 saturated heterocycles. The number of pyridine rings is 1. The fraction of sp³-hybridized carbons (Fsp3) is 0.111. The first-order valence-electron chi connectivity index (χ1n) is 7.20. The number of fused-ring (bicyclic) bond motifs is 1. The lowest BCUT2D eigenvalue weighted by atomic mass is 10.2. The van der Waals surface area contributed by atoms with E-state index in [0.717, 1.165) is 15.8 Å². The van der Waals surface area contributed by atoms with Crippen LogP contribution < -0.4 is 5.32 Å². The van der Waals surface area contributed by atoms with Crippen molar-refractivity contribution in [3.05, 3.63) is 65.8 Å². The van der Waals surface area contributed by atoms with Crippen molar-refractivity contribution in [2.24, 2.45) is 0 Å². The van der Waals surface area contributed by atoms with Crippen molar-refractivity contribution in [1.29, 1.82) is 0 Å². The number of amides is 1. The number of halogens is 1. The molecule has 3 nitrogen and oxygen atoms in total. The average Bonchev–Trinajstić information content (AvgIpc) is 2.55. The molecule has 0 saturated carbocycles. The summed E-state index contributed by atoms with van der Waals surface area (Å²) in [6.07, 6.45) is 1.77. The molecule has 5 heteroatoms. The normalized spacial score (nSPS) is 12.1. The van der Waals surface area contributed by atoms with Gasteiger partial charge in [0.25, 0.3) is 0 Å². The summed E-state index contributed by atoms with van der Waals surface area (Å²) in [6, 6.07) is 17.0. The summed E-state index contributed by atoms with van der Waals surface area (Å²) in [4.78, 5) is 17.8. The highest BCUT2D eigenvalue weighted by Crippen LogP contribution is 2.30. The first-order chi connectivity index (χ1) is 11.1. The van der Waals surface area contributed by atoms with E-state index < -0.39 is 0 Å². The minimum absolute atomic E-state index is 0.0573. The van der Waals surface area contributed by atoms with Gasteiger partial charge in [-0.3, -0.25) is 9.78 Å². The van der Waals surface area contributed by atoms with Gasteiger partial charge >= 0.3 is 0 Å². The number of thioether (sulfide) groups is 1. The second kappa shape index (κ2) is 7.02. The molecule has 0 aliphatic carbocycles. The number of hydrogen-bond acceptors (Lipinski definition) is 3. The van der Waals surface area contributed by atoms with Crippen LogP contribution in [0.2, 0.25) is 5.02 Å². The SMILES string of the molecule is CC(Sc1ccnc2ccccc12)C(=O)Nc1cccc(Cl)c1. The Morgan fingerprint density at radius 1 is 1.17 bits per heavy atom. The van der Waals surface area contributed by atoms with E-state index >= 15 is 0 Å². The first kappa shape index (κ1) is 15.8. The fourth-order valence-electron chi connectivity index (χ4n) is 2.23. The lowest BCUT2D eigenvalue weighted by molar-refractivity contribution is -0.115. The minimum atomic E-state index is -0.236. The number of rotatable bonds is 4. The quantitative estimate of drug-likeness (QED) is 0.678. The third kappa shape index (κ3) is 3.84. The van der Waals surface area contributed by atoms with Crippen LogP contribution in [-0.4, -0.2) is 16.1 Å². The number of para-hydroxylation sites is 1. The largest absolute Gasteiger partial charge is 0.325 e. The number of nitrogens with one attached hydrogen (secondary N) is 1. The van der Waals surface area contributed by atoms with Gasteiger partial charge in [0.15, 0.2) is 0 Å². The molecule has 3 aromatic rings. The van der Waals surface area contributed by atoms with E-state index in [4.69, 9.17) is 11.6 Å². The topological polar surface area (TPSA) is 42.0 Å². The van der Waals surface area contributed by atoms with Crippen LogP contribution >= 0.6 is 23.4 Å². The zero-order valence-electron chi connectivity index (χ0n) is 12.5. The Morgan fingerprint density at radius 2 is 2.00 bits per heavy atom. The predicted octanol–water partition coefficient (Wildman–Crippen LogP) is 5.01. The van der Waals surface area contributed by atoms with Gasteiger partial charge in [0.1, 0.15) is 0 Å². The Labute approximate surface area is 144 Å². The number of benzene rings is 2. The van der Waals surface area contributed by atoms with Crippen LogP contribution in [0.5, 0.6) is 0 Å². The summed E-state index contributed by atoms with van der Waals surface area (Å²) in [5.41, 5.74) is 1.63. The molecule has 0 bridgehead atoms. The number of aromatic nitrogens is 1. The summed E-state index contributed by atoms with van der Waals surface area (Å²) in [5, 5.41) is 4.31. The molecular formula is C18H15ClN2OS. The molecule has 1 aromatic heterocycles. The molecule has 0 fully saturated rings. The van der Waals surface area contributed by atoms with E-state index in [1.54, 1.807) is 18.3 Å². The molecule has 1 unspecified atom stereocenters. The van der Waals surface area contributed by atoms with E-state index in [-0.39, 0.29) is 11.2 Å². The van der Waals surface area contributed by atoms with Gasteiger partial charge in [0, 0.05) is 27.2 Å². The van der Waals surface area contributed by atoms with Crippen LogP contribution in [0.25, 0.3) is 10.9 Å². The number of anilines is 1. The van der Waals surface area contributed by atoms with Crippen molar-refractivity contribution < 1.29 is 4.79 Å². The maximum Gasteiger partial charge on any atom is 0.237 e. The Morgan fingerprint density at radius 3 is 2.83 bits per heavy atom. The molecule has 0 spiro atoms. The molecule has 1 heterocycles. The van der Waals surface area contributed by atoms with Gasteiger partial charge in [-0.15, -0.1) is 11.8 Å². The summed E-state index contributed by atoms with van der Waals surface area (Å²) >= 11 is 7.46.